The van der Waals surface area contributed by atoms with Crippen LogP contribution in [-0.2, 0) is 29.7 Å². The Morgan fingerprint density at radius 2 is 1.81 bits per heavy atom. The summed E-state index contributed by atoms with van der Waals surface area (Å²) in [4.78, 5) is 4.04. The van der Waals surface area contributed by atoms with E-state index in [1.165, 1.54) is 0 Å². The number of ether oxygens (including phenoxy) is 2. The van der Waals surface area contributed by atoms with Gasteiger partial charge in [-0.15, -0.1) is 0 Å². The molecule has 0 atom stereocenters. The highest BCUT2D eigenvalue weighted by molar-refractivity contribution is 9.10. The zero-order chi connectivity index (χ0) is 15.6. The lowest BCUT2D eigenvalue weighted by molar-refractivity contribution is 0.0476. The second kappa shape index (κ2) is 10.4. The fraction of sp³-hybridized carbons (Fsp3) is 0.615. The molecule has 120 valence electrons. The van der Waals surface area contributed by atoms with Crippen LogP contribution in [0.2, 0.25) is 0 Å². The second-order valence-electron chi connectivity index (χ2n) is 4.05. The van der Waals surface area contributed by atoms with Gasteiger partial charge in [0.25, 0.3) is 0 Å². The molecule has 1 aromatic heterocycles. The molecule has 0 fully saturated rings. The summed E-state index contributed by atoms with van der Waals surface area (Å²) >= 11 is 3.35. The number of pyridine rings is 1. The molecule has 0 saturated carbocycles. The van der Waals surface area contributed by atoms with Crippen molar-refractivity contribution in [1.29, 1.82) is 0 Å². The van der Waals surface area contributed by atoms with Crippen LogP contribution in [0.5, 0.6) is 0 Å². The third kappa shape index (κ3) is 8.04. The lowest BCUT2D eigenvalue weighted by Gasteiger charge is -2.16. The minimum atomic E-state index is -3.13. The van der Waals surface area contributed by atoms with E-state index in [2.05, 4.69) is 20.9 Å². The number of hydrogen-bond acceptors (Lipinski definition) is 6. The molecular formula is C13H21BrNO5P. The Morgan fingerprint density at radius 3 is 2.43 bits per heavy atom. The standard InChI is InChI=1S/C13H21BrNO5P/c1-3-19-21(16,20-4-2)11-18-6-5-17-10-12-7-13(14)9-15-8-12/h7-9H,3-6,10-11H2,1-2H3. The van der Waals surface area contributed by atoms with Crippen LogP contribution in [0.15, 0.2) is 22.9 Å². The van der Waals surface area contributed by atoms with Crippen LogP contribution in [-0.4, -0.2) is 37.8 Å². The summed E-state index contributed by atoms with van der Waals surface area (Å²) in [6, 6.07) is 1.94. The van der Waals surface area contributed by atoms with E-state index in [1.54, 1.807) is 26.2 Å². The first-order chi connectivity index (χ1) is 10.1. The van der Waals surface area contributed by atoms with Gasteiger partial charge >= 0.3 is 7.60 Å². The fourth-order valence-electron chi connectivity index (χ4n) is 1.52. The Bertz CT molecular complexity index is 450. The molecule has 1 rings (SSSR count). The zero-order valence-electron chi connectivity index (χ0n) is 12.3. The van der Waals surface area contributed by atoms with Crippen molar-refractivity contribution in [1.82, 2.24) is 4.98 Å². The maximum atomic E-state index is 12.1. The van der Waals surface area contributed by atoms with Crippen molar-refractivity contribution in [3.05, 3.63) is 28.5 Å². The Labute approximate surface area is 133 Å². The Kier molecular flexibility index (Phi) is 9.31. The molecule has 0 amide bonds. The van der Waals surface area contributed by atoms with Crippen LogP contribution in [0.4, 0.5) is 0 Å². The van der Waals surface area contributed by atoms with Gasteiger partial charge in [0.05, 0.1) is 33.0 Å². The molecule has 0 aliphatic carbocycles. The molecule has 1 aromatic rings. The molecule has 21 heavy (non-hydrogen) atoms. The molecule has 0 N–H and O–H groups in total. The third-order valence-corrected chi connectivity index (χ3v) is 4.54. The monoisotopic (exact) mass is 381 g/mol. The van der Waals surface area contributed by atoms with Crippen LogP contribution in [0.1, 0.15) is 19.4 Å². The maximum absolute atomic E-state index is 12.1. The summed E-state index contributed by atoms with van der Waals surface area (Å²) in [7, 11) is -3.13. The predicted octanol–water partition coefficient (Wildman–Crippen LogP) is 3.60. The van der Waals surface area contributed by atoms with E-state index in [0.29, 0.717) is 33.0 Å². The van der Waals surface area contributed by atoms with Crippen molar-refractivity contribution in [3.63, 3.8) is 0 Å². The summed E-state index contributed by atoms with van der Waals surface area (Å²) in [5.74, 6) is 0. The van der Waals surface area contributed by atoms with Gasteiger partial charge in [-0.2, -0.15) is 0 Å². The highest BCUT2D eigenvalue weighted by Crippen LogP contribution is 2.47. The van der Waals surface area contributed by atoms with Gasteiger partial charge < -0.3 is 18.5 Å². The number of rotatable bonds is 11. The average molecular weight is 382 g/mol. The molecule has 0 saturated heterocycles. The van der Waals surface area contributed by atoms with E-state index in [4.69, 9.17) is 18.5 Å². The van der Waals surface area contributed by atoms with Crippen LogP contribution >= 0.6 is 23.5 Å². The van der Waals surface area contributed by atoms with Crippen LogP contribution in [0, 0.1) is 0 Å². The lowest BCUT2D eigenvalue weighted by atomic mass is 10.3. The molecule has 0 aromatic carbocycles. The normalized spacial score (nSPS) is 11.8. The van der Waals surface area contributed by atoms with E-state index in [9.17, 15) is 4.57 Å². The molecule has 6 nitrogen and oxygen atoms in total. The van der Waals surface area contributed by atoms with E-state index >= 15 is 0 Å². The van der Waals surface area contributed by atoms with Gasteiger partial charge in [0.15, 0.2) is 0 Å². The number of hydrogen-bond donors (Lipinski definition) is 0. The van der Waals surface area contributed by atoms with Gasteiger partial charge in [-0.05, 0) is 41.4 Å². The van der Waals surface area contributed by atoms with Gasteiger partial charge in [0.2, 0.25) is 0 Å². The van der Waals surface area contributed by atoms with Gasteiger partial charge in [0, 0.05) is 16.9 Å². The van der Waals surface area contributed by atoms with Crippen molar-refractivity contribution in [2.24, 2.45) is 0 Å². The second-order valence-corrected chi connectivity index (χ2v) is 6.96. The van der Waals surface area contributed by atoms with E-state index in [-0.39, 0.29) is 6.35 Å². The minimum absolute atomic E-state index is 0.0590. The molecule has 0 aliphatic heterocycles. The number of halogens is 1. The Morgan fingerprint density at radius 1 is 1.14 bits per heavy atom. The first-order valence-corrected chi connectivity index (χ1v) is 9.24. The Balaban J connectivity index is 2.17. The SMILES string of the molecule is CCOP(=O)(COCCOCc1cncc(Br)c1)OCC. The summed E-state index contributed by atoms with van der Waals surface area (Å²) in [5, 5.41) is 0. The van der Waals surface area contributed by atoms with E-state index in [1.807, 2.05) is 6.07 Å². The summed E-state index contributed by atoms with van der Waals surface area (Å²) in [6.07, 6.45) is 3.39. The molecular weight excluding hydrogens is 361 g/mol. The first kappa shape index (κ1) is 18.7. The first-order valence-electron chi connectivity index (χ1n) is 6.72. The number of aromatic nitrogens is 1. The van der Waals surface area contributed by atoms with Gasteiger partial charge in [-0.3, -0.25) is 9.55 Å². The Hall–Kier alpha value is -0.300. The molecule has 1 heterocycles. The molecule has 0 radical (unpaired) electrons. The highest BCUT2D eigenvalue weighted by atomic mass is 79.9. The van der Waals surface area contributed by atoms with E-state index in [0.717, 1.165) is 10.0 Å². The summed E-state index contributed by atoms with van der Waals surface area (Å²) < 4.78 is 34.0. The average Bonchev–Trinajstić information content (AvgIpc) is 2.43. The largest absolute Gasteiger partial charge is 0.374 e. The lowest BCUT2D eigenvalue weighted by Crippen LogP contribution is -2.08. The molecule has 0 aliphatic rings. The highest BCUT2D eigenvalue weighted by Gasteiger charge is 2.23. The van der Waals surface area contributed by atoms with Crippen molar-refractivity contribution in [2.45, 2.75) is 20.5 Å². The quantitative estimate of drug-likeness (QED) is 0.430. The third-order valence-electron chi connectivity index (χ3n) is 2.30. The van der Waals surface area contributed by atoms with Gasteiger partial charge in [-0.25, -0.2) is 0 Å². The number of nitrogens with zero attached hydrogens (tertiary/aromatic N) is 1. The van der Waals surface area contributed by atoms with Gasteiger partial charge in [-0.1, -0.05) is 0 Å². The van der Waals surface area contributed by atoms with Crippen molar-refractivity contribution >= 4 is 23.5 Å². The van der Waals surface area contributed by atoms with E-state index < -0.39 is 7.60 Å². The van der Waals surface area contributed by atoms with Crippen molar-refractivity contribution in [2.75, 3.05) is 32.8 Å². The summed E-state index contributed by atoms with van der Waals surface area (Å²) in [5.41, 5.74) is 0.971. The van der Waals surface area contributed by atoms with Crippen molar-refractivity contribution in [3.8, 4) is 0 Å². The minimum Gasteiger partial charge on any atom is -0.374 e. The molecule has 0 spiro atoms. The predicted molar refractivity (Wildman–Crippen MR) is 83.3 cm³/mol. The van der Waals surface area contributed by atoms with Gasteiger partial charge in [0.1, 0.15) is 6.35 Å². The fourth-order valence-corrected chi connectivity index (χ4v) is 3.30. The topological polar surface area (TPSA) is 66.9 Å². The van der Waals surface area contributed by atoms with Crippen LogP contribution in [0.3, 0.4) is 0 Å². The zero-order valence-corrected chi connectivity index (χ0v) is 14.8. The van der Waals surface area contributed by atoms with Crippen molar-refractivity contribution < 1.29 is 23.1 Å². The summed E-state index contributed by atoms with van der Waals surface area (Å²) in [6.45, 7) is 5.35. The maximum Gasteiger partial charge on any atom is 0.356 e. The molecule has 0 unspecified atom stereocenters. The van der Waals surface area contributed by atoms with Crippen LogP contribution < -0.4 is 0 Å². The molecule has 0 bridgehead atoms. The smallest absolute Gasteiger partial charge is 0.356 e. The molecule has 8 heteroatoms. The van der Waals surface area contributed by atoms with Crippen LogP contribution in [0.25, 0.3) is 0 Å².